The van der Waals surface area contributed by atoms with Crippen LogP contribution in [0.5, 0.6) is 0 Å². The molecule has 0 aromatic carbocycles. The molecule has 0 amide bonds. The molecule has 0 aliphatic rings. The van der Waals surface area contributed by atoms with Gasteiger partial charge in [0.25, 0.3) is 0 Å². The highest BCUT2D eigenvalue weighted by Gasteiger charge is 2.18. The van der Waals surface area contributed by atoms with Crippen molar-refractivity contribution in [3.05, 3.63) is 23.4 Å². The van der Waals surface area contributed by atoms with Crippen LogP contribution in [-0.4, -0.2) is 17.6 Å². The van der Waals surface area contributed by atoms with E-state index in [9.17, 15) is 0 Å². The number of rotatable bonds is 3. The molecule has 0 fully saturated rings. The van der Waals surface area contributed by atoms with Gasteiger partial charge in [0.1, 0.15) is 5.82 Å². The van der Waals surface area contributed by atoms with E-state index in [-0.39, 0.29) is 11.0 Å². The number of hydrogen-bond donors (Lipinski definition) is 2. The second-order valence-electron chi connectivity index (χ2n) is 6.90. The monoisotopic (exact) mass is 249 g/mol. The second kappa shape index (κ2) is 5.27. The summed E-state index contributed by atoms with van der Waals surface area (Å²) < 4.78 is 0. The van der Waals surface area contributed by atoms with Crippen LogP contribution in [0.1, 0.15) is 52.8 Å². The van der Waals surface area contributed by atoms with Gasteiger partial charge in [-0.25, -0.2) is 4.98 Å². The third kappa shape index (κ3) is 4.65. The van der Waals surface area contributed by atoms with Crippen molar-refractivity contribution in [2.75, 3.05) is 12.4 Å². The molecule has 0 bridgehead atoms. The summed E-state index contributed by atoms with van der Waals surface area (Å²) in [6.07, 6.45) is 0. The van der Waals surface area contributed by atoms with Gasteiger partial charge in [-0.2, -0.15) is 0 Å². The molecule has 0 saturated heterocycles. The van der Waals surface area contributed by atoms with Crippen molar-refractivity contribution in [3.8, 4) is 0 Å². The fourth-order valence-electron chi connectivity index (χ4n) is 1.73. The third-order valence-electron chi connectivity index (χ3n) is 2.54. The molecule has 0 aliphatic carbocycles. The van der Waals surface area contributed by atoms with E-state index in [1.165, 1.54) is 5.56 Å². The van der Waals surface area contributed by atoms with Gasteiger partial charge in [0.2, 0.25) is 0 Å². The van der Waals surface area contributed by atoms with E-state index in [0.717, 1.165) is 18.1 Å². The van der Waals surface area contributed by atoms with E-state index in [1.807, 2.05) is 7.05 Å². The molecular formula is C15H27N3. The number of anilines is 1. The molecule has 1 aromatic heterocycles. The van der Waals surface area contributed by atoms with Crippen LogP contribution in [0, 0.1) is 0 Å². The Morgan fingerprint density at radius 3 is 2.11 bits per heavy atom. The highest BCUT2D eigenvalue weighted by molar-refractivity contribution is 5.42. The molecule has 18 heavy (non-hydrogen) atoms. The standard InChI is InChI=1S/C15H27N3/c1-14(2,3)12-8-11(10-16-7)9-13(17-12)18-15(4,5)6/h8-9,16H,10H2,1-7H3,(H,17,18). The van der Waals surface area contributed by atoms with Gasteiger partial charge < -0.3 is 10.6 Å². The lowest BCUT2D eigenvalue weighted by Crippen LogP contribution is -2.27. The summed E-state index contributed by atoms with van der Waals surface area (Å²) in [7, 11) is 1.97. The molecule has 0 saturated carbocycles. The summed E-state index contributed by atoms with van der Waals surface area (Å²) in [6, 6.07) is 4.31. The predicted molar refractivity (Wildman–Crippen MR) is 79.1 cm³/mol. The molecule has 3 nitrogen and oxygen atoms in total. The molecule has 0 atom stereocenters. The Bertz CT molecular complexity index is 397. The number of aromatic nitrogens is 1. The Morgan fingerprint density at radius 2 is 1.67 bits per heavy atom. The molecule has 0 unspecified atom stereocenters. The van der Waals surface area contributed by atoms with E-state index in [0.29, 0.717) is 0 Å². The van der Waals surface area contributed by atoms with Crippen molar-refractivity contribution in [2.24, 2.45) is 0 Å². The summed E-state index contributed by atoms with van der Waals surface area (Å²) >= 11 is 0. The molecule has 3 heteroatoms. The minimum Gasteiger partial charge on any atom is -0.365 e. The maximum atomic E-state index is 4.73. The minimum atomic E-state index is 0.0282. The van der Waals surface area contributed by atoms with E-state index in [1.54, 1.807) is 0 Å². The second-order valence-corrected chi connectivity index (χ2v) is 6.90. The first kappa shape index (κ1) is 15.0. The molecule has 1 aromatic rings. The minimum absolute atomic E-state index is 0.0282. The lowest BCUT2D eigenvalue weighted by Gasteiger charge is -2.25. The average Bonchev–Trinajstić information content (AvgIpc) is 2.13. The number of hydrogen-bond acceptors (Lipinski definition) is 3. The third-order valence-corrected chi connectivity index (χ3v) is 2.54. The smallest absolute Gasteiger partial charge is 0.126 e. The summed E-state index contributed by atoms with van der Waals surface area (Å²) in [5.74, 6) is 0.958. The topological polar surface area (TPSA) is 37.0 Å². The van der Waals surface area contributed by atoms with Crippen LogP contribution in [0.3, 0.4) is 0 Å². The number of pyridine rings is 1. The summed E-state index contributed by atoms with van der Waals surface area (Å²) in [6.45, 7) is 13.9. The van der Waals surface area contributed by atoms with Crippen molar-refractivity contribution in [2.45, 2.75) is 59.0 Å². The van der Waals surface area contributed by atoms with Gasteiger partial charge in [-0.15, -0.1) is 0 Å². The van der Waals surface area contributed by atoms with Gasteiger partial charge in [0.05, 0.1) is 0 Å². The maximum Gasteiger partial charge on any atom is 0.126 e. The average molecular weight is 249 g/mol. The van der Waals surface area contributed by atoms with Crippen LogP contribution in [0.4, 0.5) is 5.82 Å². The van der Waals surface area contributed by atoms with E-state index in [2.05, 4.69) is 64.3 Å². The van der Waals surface area contributed by atoms with Gasteiger partial charge in [-0.3, -0.25) is 0 Å². The van der Waals surface area contributed by atoms with Crippen molar-refractivity contribution < 1.29 is 0 Å². The molecule has 1 rings (SSSR count). The molecule has 0 spiro atoms. The SMILES string of the molecule is CNCc1cc(NC(C)(C)C)nc(C(C)(C)C)c1. The van der Waals surface area contributed by atoms with Crippen molar-refractivity contribution in [1.82, 2.24) is 10.3 Å². The first-order valence-electron chi connectivity index (χ1n) is 6.56. The number of nitrogens with zero attached hydrogens (tertiary/aromatic N) is 1. The number of nitrogens with one attached hydrogen (secondary N) is 2. The fraction of sp³-hybridized carbons (Fsp3) is 0.667. The molecule has 1 heterocycles. The molecule has 102 valence electrons. The van der Waals surface area contributed by atoms with Crippen LogP contribution < -0.4 is 10.6 Å². The zero-order valence-corrected chi connectivity index (χ0v) is 12.8. The fourth-order valence-corrected chi connectivity index (χ4v) is 1.73. The summed E-state index contributed by atoms with van der Waals surface area (Å²) in [5, 5.41) is 6.65. The van der Waals surface area contributed by atoms with Gasteiger partial charge in [0, 0.05) is 23.2 Å². The summed E-state index contributed by atoms with van der Waals surface area (Å²) in [5.41, 5.74) is 2.49. The van der Waals surface area contributed by atoms with E-state index >= 15 is 0 Å². The van der Waals surface area contributed by atoms with Crippen LogP contribution >= 0.6 is 0 Å². The molecule has 2 N–H and O–H groups in total. The normalized spacial score (nSPS) is 12.6. The maximum absolute atomic E-state index is 4.73. The quantitative estimate of drug-likeness (QED) is 0.863. The largest absolute Gasteiger partial charge is 0.365 e. The Kier molecular flexibility index (Phi) is 4.38. The zero-order chi connectivity index (χ0) is 14.0. The van der Waals surface area contributed by atoms with Gasteiger partial charge in [0.15, 0.2) is 0 Å². The van der Waals surface area contributed by atoms with Crippen LogP contribution in [0.2, 0.25) is 0 Å². The first-order chi connectivity index (χ1) is 8.12. The highest BCUT2D eigenvalue weighted by atomic mass is 15.0. The van der Waals surface area contributed by atoms with Crippen molar-refractivity contribution >= 4 is 5.82 Å². The Balaban J connectivity index is 3.14. The van der Waals surface area contributed by atoms with Gasteiger partial charge >= 0.3 is 0 Å². The zero-order valence-electron chi connectivity index (χ0n) is 12.8. The van der Waals surface area contributed by atoms with Crippen LogP contribution in [0.25, 0.3) is 0 Å². The first-order valence-corrected chi connectivity index (χ1v) is 6.56. The van der Waals surface area contributed by atoms with Gasteiger partial charge in [-0.1, -0.05) is 20.8 Å². The Hall–Kier alpha value is -1.09. The van der Waals surface area contributed by atoms with E-state index in [4.69, 9.17) is 4.98 Å². The van der Waals surface area contributed by atoms with Crippen molar-refractivity contribution in [3.63, 3.8) is 0 Å². The Morgan fingerprint density at radius 1 is 1.06 bits per heavy atom. The van der Waals surface area contributed by atoms with Crippen LogP contribution in [-0.2, 0) is 12.0 Å². The lowest BCUT2D eigenvalue weighted by atomic mass is 9.90. The lowest BCUT2D eigenvalue weighted by molar-refractivity contribution is 0.564. The van der Waals surface area contributed by atoms with Crippen molar-refractivity contribution in [1.29, 1.82) is 0 Å². The van der Waals surface area contributed by atoms with E-state index < -0.39 is 0 Å². The van der Waals surface area contributed by atoms with Gasteiger partial charge in [-0.05, 0) is 45.5 Å². The Labute approximate surface area is 111 Å². The predicted octanol–water partition coefficient (Wildman–Crippen LogP) is 3.31. The summed E-state index contributed by atoms with van der Waals surface area (Å²) in [4.78, 5) is 4.73. The molecular weight excluding hydrogens is 222 g/mol. The highest BCUT2D eigenvalue weighted by Crippen LogP contribution is 2.24. The van der Waals surface area contributed by atoms with Crippen LogP contribution in [0.15, 0.2) is 12.1 Å². The molecule has 0 aliphatic heterocycles. The molecule has 0 radical (unpaired) electrons.